The van der Waals surface area contributed by atoms with Crippen molar-refractivity contribution in [2.45, 2.75) is 0 Å². The molecule has 0 spiro atoms. The Morgan fingerprint density at radius 1 is 1.44 bits per heavy atom. The summed E-state index contributed by atoms with van der Waals surface area (Å²) < 4.78 is 0. The highest BCUT2D eigenvalue weighted by Gasteiger charge is 1.79. The lowest BCUT2D eigenvalue weighted by Gasteiger charge is -1.96. The van der Waals surface area contributed by atoms with Gasteiger partial charge >= 0.3 is 0 Å². The van der Waals surface area contributed by atoms with Crippen molar-refractivity contribution in [3.05, 3.63) is 0 Å². The van der Waals surface area contributed by atoms with Crippen molar-refractivity contribution < 1.29 is 0 Å². The molecule has 0 unspecified atom stereocenters. The Morgan fingerprint density at radius 3 is 2.00 bits per heavy atom. The van der Waals surface area contributed by atoms with Crippen molar-refractivity contribution in [1.29, 1.82) is 0 Å². The SMILES string of the molecule is Br.Br.NCCNC(N)=S. The lowest BCUT2D eigenvalue weighted by molar-refractivity contribution is 0.879. The molecular weight excluding hydrogens is 270 g/mol. The maximum Gasteiger partial charge on any atom is 0.163 e. The summed E-state index contributed by atoms with van der Waals surface area (Å²) in [5.41, 5.74) is 10.1. The third kappa shape index (κ3) is 17.7. The number of hydrogen-bond acceptors (Lipinski definition) is 2. The highest BCUT2D eigenvalue weighted by Crippen LogP contribution is 1.52. The Kier molecular flexibility index (Phi) is 20.7. The van der Waals surface area contributed by atoms with E-state index in [9.17, 15) is 0 Å². The zero-order chi connectivity index (χ0) is 5.70. The monoisotopic (exact) mass is 279 g/mol. The maximum absolute atomic E-state index is 5.10. The Labute approximate surface area is 81.1 Å². The molecule has 0 aromatic heterocycles. The van der Waals surface area contributed by atoms with Crippen LogP contribution in [0.5, 0.6) is 0 Å². The minimum Gasteiger partial charge on any atom is -0.376 e. The van der Waals surface area contributed by atoms with Crippen molar-refractivity contribution in [3.63, 3.8) is 0 Å². The Morgan fingerprint density at radius 2 is 1.89 bits per heavy atom. The third-order valence-corrected chi connectivity index (χ3v) is 0.588. The Hall–Kier alpha value is 0.610. The molecule has 0 radical (unpaired) electrons. The number of rotatable bonds is 2. The molecule has 0 rings (SSSR count). The van der Waals surface area contributed by atoms with Crippen LogP contribution >= 0.6 is 46.2 Å². The second-order valence-corrected chi connectivity index (χ2v) is 1.52. The number of hydrogen-bond donors (Lipinski definition) is 3. The van der Waals surface area contributed by atoms with Gasteiger partial charge in [0.05, 0.1) is 0 Å². The zero-order valence-electron chi connectivity index (χ0n) is 4.79. The topological polar surface area (TPSA) is 64.1 Å². The first kappa shape index (κ1) is 16.3. The van der Waals surface area contributed by atoms with E-state index in [-0.39, 0.29) is 34.0 Å². The van der Waals surface area contributed by atoms with E-state index in [0.717, 1.165) is 0 Å². The molecule has 3 nitrogen and oxygen atoms in total. The van der Waals surface area contributed by atoms with E-state index in [0.29, 0.717) is 18.2 Å². The number of thiocarbonyl (C=S) groups is 1. The van der Waals surface area contributed by atoms with Crippen LogP contribution in [0.1, 0.15) is 0 Å². The molecule has 58 valence electrons. The lowest BCUT2D eigenvalue weighted by Crippen LogP contribution is -2.33. The average molecular weight is 281 g/mol. The molecule has 0 saturated carbocycles. The Bertz CT molecular complexity index is 70.1. The van der Waals surface area contributed by atoms with Crippen molar-refractivity contribution in [1.82, 2.24) is 5.32 Å². The van der Waals surface area contributed by atoms with E-state index in [1.165, 1.54) is 0 Å². The molecule has 0 atom stereocenters. The molecule has 0 amide bonds. The minimum atomic E-state index is 0. The van der Waals surface area contributed by atoms with Gasteiger partial charge in [-0.15, -0.1) is 34.0 Å². The van der Waals surface area contributed by atoms with Crippen molar-refractivity contribution in [2.24, 2.45) is 11.5 Å². The van der Waals surface area contributed by atoms with E-state index in [2.05, 4.69) is 17.5 Å². The van der Waals surface area contributed by atoms with Gasteiger partial charge in [0.1, 0.15) is 0 Å². The van der Waals surface area contributed by atoms with Crippen LogP contribution in [0.4, 0.5) is 0 Å². The van der Waals surface area contributed by atoms with Gasteiger partial charge in [0.15, 0.2) is 5.11 Å². The van der Waals surface area contributed by atoms with Gasteiger partial charge in [-0.05, 0) is 12.2 Å². The molecule has 9 heavy (non-hydrogen) atoms. The van der Waals surface area contributed by atoms with E-state index in [4.69, 9.17) is 11.5 Å². The fourth-order valence-electron chi connectivity index (χ4n) is 0.195. The summed E-state index contributed by atoms with van der Waals surface area (Å²) in [6.07, 6.45) is 0. The molecule has 0 aromatic carbocycles. The van der Waals surface area contributed by atoms with Gasteiger partial charge in [-0.2, -0.15) is 0 Å². The van der Waals surface area contributed by atoms with Crippen LogP contribution in [0.25, 0.3) is 0 Å². The van der Waals surface area contributed by atoms with Crippen LogP contribution < -0.4 is 16.8 Å². The quantitative estimate of drug-likeness (QED) is 0.620. The molecule has 0 aliphatic heterocycles. The van der Waals surface area contributed by atoms with Gasteiger partial charge in [-0.25, -0.2) is 0 Å². The van der Waals surface area contributed by atoms with Gasteiger partial charge in [0.2, 0.25) is 0 Å². The van der Waals surface area contributed by atoms with E-state index in [1.54, 1.807) is 0 Å². The van der Waals surface area contributed by atoms with E-state index < -0.39 is 0 Å². The van der Waals surface area contributed by atoms with Gasteiger partial charge in [0.25, 0.3) is 0 Å². The predicted molar refractivity (Wildman–Crippen MR) is 54.5 cm³/mol. The van der Waals surface area contributed by atoms with Crippen molar-refractivity contribution in [2.75, 3.05) is 13.1 Å². The smallest absolute Gasteiger partial charge is 0.163 e. The highest BCUT2D eigenvalue weighted by molar-refractivity contribution is 8.93. The summed E-state index contributed by atoms with van der Waals surface area (Å²) in [4.78, 5) is 0. The molecule has 0 aromatic rings. The number of nitrogens with two attached hydrogens (primary N) is 2. The number of halogens is 2. The summed E-state index contributed by atoms with van der Waals surface area (Å²) in [5.74, 6) is 0. The van der Waals surface area contributed by atoms with Gasteiger partial charge in [-0.3, -0.25) is 0 Å². The lowest BCUT2D eigenvalue weighted by atomic mass is 10.7. The van der Waals surface area contributed by atoms with Crippen LogP contribution in [-0.2, 0) is 0 Å². The average Bonchev–Trinajstić information content (AvgIpc) is 1.61. The van der Waals surface area contributed by atoms with Crippen molar-refractivity contribution >= 4 is 51.3 Å². The second-order valence-electron chi connectivity index (χ2n) is 1.08. The highest BCUT2D eigenvalue weighted by atomic mass is 79.9. The molecule has 0 aliphatic rings. The minimum absolute atomic E-state index is 0. The summed E-state index contributed by atoms with van der Waals surface area (Å²) >= 11 is 4.47. The van der Waals surface area contributed by atoms with E-state index in [1.807, 2.05) is 0 Å². The molecule has 0 saturated heterocycles. The first-order valence-electron chi connectivity index (χ1n) is 2.00. The third-order valence-electron chi connectivity index (χ3n) is 0.444. The predicted octanol–water partition coefficient (Wildman–Crippen LogP) is -0.0659. The van der Waals surface area contributed by atoms with Gasteiger partial charge < -0.3 is 16.8 Å². The van der Waals surface area contributed by atoms with Crippen LogP contribution in [0, 0.1) is 0 Å². The molecule has 5 N–H and O–H groups in total. The zero-order valence-corrected chi connectivity index (χ0v) is 9.04. The molecule has 0 heterocycles. The van der Waals surface area contributed by atoms with Gasteiger partial charge in [-0.1, -0.05) is 0 Å². The first-order valence-corrected chi connectivity index (χ1v) is 2.41. The van der Waals surface area contributed by atoms with E-state index >= 15 is 0 Å². The first-order chi connectivity index (χ1) is 3.27. The normalized spacial score (nSPS) is 6.33. The fraction of sp³-hybridized carbons (Fsp3) is 0.667. The summed E-state index contributed by atoms with van der Waals surface area (Å²) in [7, 11) is 0. The molecular formula is C3H11Br2N3S. The van der Waals surface area contributed by atoms with Crippen LogP contribution in [0.3, 0.4) is 0 Å². The molecule has 0 bridgehead atoms. The number of nitrogens with one attached hydrogen (secondary N) is 1. The second kappa shape index (κ2) is 11.4. The fourth-order valence-corrected chi connectivity index (χ4v) is 0.297. The largest absolute Gasteiger partial charge is 0.376 e. The van der Waals surface area contributed by atoms with Crippen LogP contribution in [0.2, 0.25) is 0 Å². The maximum atomic E-state index is 5.10. The summed E-state index contributed by atoms with van der Waals surface area (Å²) in [6.45, 7) is 1.23. The Balaban J connectivity index is -0.000000180. The summed E-state index contributed by atoms with van der Waals surface area (Å²) in [6, 6.07) is 0. The standard InChI is InChI=1S/C3H9N3S.2BrH/c4-1-2-6-3(5)7;;/h1-2,4H2,(H3,5,6,7);2*1H. The molecule has 6 heteroatoms. The molecule has 0 aliphatic carbocycles. The van der Waals surface area contributed by atoms with Crippen molar-refractivity contribution in [3.8, 4) is 0 Å². The van der Waals surface area contributed by atoms with Crippen LogP contribution in [-0.4, -0.2) is 18.2 Å². The molecule has 0 fully saturated rings. The summed E-state index contributed by atoms with van der Waals surface area (Å²) in [5, 5.41) is 2.99. The van der Waals surface area contributed by atoms with Crippen LogP contribution in [0.15, 0.2) is 0 Å². The van der Waals surface area contributed by atoms with Gasteiger partial charge in [0, 0.05) is 13.1 Å².